The molecule has 0 aromatic carbocycles. The topological polar surface area (TPSA) is 77.9 Å². The lowest BCUT2D eigenvalue weighted by atomic mass is 10.0. The summed E-state index contributed by atoms with van der Waals surface area (Å²) in [6, 6.07) is 0. The van der Waals surface area contributed by atoms with E-state index in [9.17, 15) is 8.42 Å². The average molecular weight is 416 g/mol. The van der Waals surface area contributed by atoms with Crippen LogP contribution in [0.1, 0.15) is 49.2 Å². The number of hydrogen-bond acceptors (Lipinski definition) is 5. The van der Waals surface area contributed by atoms with Gasteiger partial charge in [0.25, 0.3) is 0 Å². The van der Waals surface area contributed by atoms with Gasteiger partial charge in [-0.25, -0.2) is 17.7 Å². The van der Waals surface area contributed by atoms with Gasteiger partial charge < -0.3 is 10.2 Å². The van der Waals surface area contributed by atoms with Crippen molar-refractivity contribution in [3.05, 3.63) is 15.6 Å². The molecule has 154 valence electrons. The second-order valence-electron chi connectivity index (χ2n) is 6.68. The third-order valence-corrected chi connectivity index (χ3v) is 7.81. The van der Waals surface area contributed by atoms with E-state index in [4.69, 9.17) is 4.98 Å². The second-order valence-corrected chi connectivity index (χ2v) is 9.93. The van der Waals surface area contributed by atoms with E-state index in [0.717, 1.165) is 30.4 Å². The molecule has 0 bridgehead atoms. The predicted octanol–water partition coefficient (Wildman–Crippen LogP) is 2.09. The third-order valence-electron chi connectivity index (χ3n) is 4.67. The van der Waals surface area contributed by atoms with Crippen LogP contribution in [0.25, 0.3) is 0 Å². The van der Waals surface area contributed by atoms with Crippen molar-refractivity contribution >= 4 is 27.3 Å². The number of aryl methyl sites for hydroxylation is 2. The van der Waals surface area contributed by atoms with Gasteiger partial charge in [-0.2, -0.15) is 0 Å². The van der Waals surface area contributed by atoms with Gasteiger partial charge in [-0.05, 0) is 32.6 Å². The van der Waals surface area contributed by atoms with E-state index in [1.807, 2.05) is 32.7 Å². The van der Waals surface area contributed by atoms with Gasteiger partial charge in [0.1, 0.15) is 5.01 Å². The van der Waals surface area contributed by atoms with Crippen LogP contribution in [0, 0.1) is 0 Å². The normalized spacial score (nSPS) is 15.1. The van der Waals surface area contributed by atoms with Crippen molar-refractivity contribution in [2.45, 2.75) is 53.0 Å². The molecular weight excluding hydrogens is 382 g/mol. The van der Waals surface area contributed by atoms with Crippen LogP contribution in [0.2, 0.25) is 0 Å². The van der Waals surface area contributed by atoms with Crippen LogP contribution in [0.15, 0.2) is 4.99 Å². The molecule has 0 spiro atoms. The van der Waals surface area contributed by atoms with Crippen LogP contribution >= 0.6 is 11.3 Å². The summed E-state index contributed by atoms with van der Waals surface area (Å²) in [6.45, 7) is 8.39. The van der Waals surface area contributed by atoms with Crippen molar-refractivity contribution in [3.63, 3.8) is 0 Å². The molecule has 1 aliphatic rings. The maximum Gasteiger partial charge on any atom is 0.215 e. The molecule has 9 heteroatoms. The Morgan fingerprint density at radius 3 is 2.56 bits per heavy atom. The number of fused-ring (bicyclic) bond motifs is 1. The van der Waals surface area contributed by atoms with Crippen LogP contribution in [-0.2, 0) is 29.4 Å². The highest BCUT2D eigenvalue weighted by Crippen LogP contribution is 2.27. The zero-order valence-corrected chi connectivity index (χ0v) is 18.6. The lowest BCUT2D eigenvalue weighted by molar-refractivity contribution is 0.445. The van der Waals surface area contributed by atoms with Gasteiger partial charge in [0, 0.05) is 31.6 Å². The highest BCUT2D eigenvalue weighted by molar-refractivity contribution is 7.89. The number of aromatic nitrogens is 1. The van der Waals surface area contributed by atoms with Crippen LogP contribution in [0.5, 0.6) is 0 Å². The fraction of sp³-hybridized carbons (Fsp3) is 0.778. The summed E-state index contributed by atoms with van der Waals surface area (Å²) in [5.41, 5.74) is 1.27. The molecule has 1 aromatic rings. The Morgan fingerprint density at radius 1 is 1.22 bits per heavy atom. The molecule has 7 nitrogen and oxygen atoms in total. The Kier molecular flexibility index (Phi) is 8.50. The number of guanidine groups is 1. The number of hydrogen-bond donors (Lipinski definition) is 1. The fourth-order valence-electron chi connectivity index (χ4n) is 3.23. The summed E-state index contributed by atoms with van der Waals surface area (Å²) in [5, 5.41) is 4.35. The first kappa shape index (κ1) is 22.1. The monoisotopic (exact) mass is 415 g/mol. The summed E-state index contributed by atoms with van der Waals surface area (Å²) in [5.74, 6) is 0.753. The van der Waals surface area contributed by atoms with Crippen molar-refractivity contribution in [2.24, 2.45) is 4.99 Å². The summed E-state index contributed by atoms with van der Waals surface area (Å²) in [7, 11) is -1.28. The van der Waals surface area contributed by atoms with Crippen LogP contribution in [0.3, 0.4) is 0 Å². The van der Waals surface area contributed by atoms with Gasteiger partial charge in [-0.15, -0.1) is 11.3 Å². The second kappa shape index (κ2) is 10.4. The Labute approximate surface area is 167 Å². The Hall–Kier alpha value is -1.19. The summed E-state index contributed by atoms with van der Waals surface area (Å²) in [4.78, 5) is 12.8. The number of nitrogens with zero attached hydrogens (tertiary/aromatic N) is 4. The van der Waals surface area contributed by atoms with E-state index in [1.54, 1.807) is 11.3 Å². The quantitative estimate of drug-likeness (QED) is 0.494. The number of rotatable bonds is 9. The Morgan fingerprint density at radius 2 is 1.93 bits per heavy atom. The van der Waals surface area contributed by atoms with Gasteiger partial charge in [0.2, 0.25) is 10.0 Å². The molecule has 0 atom stereocenters. The fourth-order valence-corrected chi connectivity index (χ4v) is 5.81. The van der Waals surface area contributed by atoms with Gasteiger partial charge in [0.15, 0.2) is 5.96 Å². The molecule has 0 unspecified atom stereocenters. The van der Waals surface area contributed by atoms with Crippen LogP contribution in [0.4, 0.5) is 0 Å². The van der Waals surface area contributed by atoms with E-state index in [2.05, 4.69) is 10.3 Å². The standard InChI is InChI=1S/C18H33N5O2S2/c1-5-19-18(20-12-13-27(24,25)23(6-2)7-3)22(4)14-17-21-15-10-8-9-11-16(15)26-17/h5-14H2,1-4H3,(H,19,20). The molecule has 1 heterocycles. The van der Waals surface area contributed by atoms with E-state index >= 15 is 0 Å². The highest BCUT2D eigenvalue weighted by atomic mass is 32.2. The minimum atomic E-state index is -3.25. The summed E-state index contributed by atoms with van der Waals surface area (Å²) < 4.78 is 26.1. The molecule has 0 aliphatic heterocycles. The summed E-state index contributed by atoms with van der Waals surface area (Å²) in [6.07, 6.45) is 4.73. The first-order valence-corrected chi connectivity index (χ1v) is 12.3. The first-order valence-electron chi connectivity index (χ1n) is 9.85. The molecule has 0 saturated heterocycles. The van der Waals surface area contributed by atoms with E-state index in [-0.39, 0.29) is 12.3 Å². The van der Waals surface area contributed by atoms with Crippen molar-refractivity contribution in [2.75, 3.05) is 39.0 Å². The van der Waals surface area contributed by atoms with Gasteiger partial charge in [-0.1, -0.05) is 13.8 Å². The molecular formula is C18H33N5O2S2. The Balaban J connectivity index is 2.00. The molecule has 0 amide bonds. The molecule has 1 aromatic heterocycles. The molecule has 27 heavy (non-hydrogen) atoms. The molecule has 1 N–H and O–H groups in total. The number of nitrogens with one attached hydrogen (secondary N) is 1. The van der Waals surface area contributed by atoms with Crippen molar-refractivity contribution in [3.8, 4) is 0 Å². The zero-order chi connectivity index (χ0) is 19.9. The molecule has 0 saturated carbocycles. The smallest absolute Gasteiger partial charge is 0.215 e. The van der Waals surface area contributed by atoms with Crippen LogP contribution < -0.4 is 5.32 Å². The Bertz CT molecular complexity index is 703. The maximum atomic E-state index is 12.3. The average Bonchev–Trinajstić information content (AvgIpc) is 3.03. The van der Waals surface area contributed by atoms with Crippen molar-refractivity contribution in [1.29, 1.82) is 0 Å². The third kappa shape index (κ3) is 6.15. The minimum Gasteiger partial charge on any atom is -0.357 e. The number of sulfonamides is 1. The van der Waals surface area contributed by atoms with Gasteiger partial charge in [-0.3, -0.25) is 4.99 Å². The van der Waals surface area contributed by atoms with E-state index in [1.165, 1.54) is 27.7 Å². The van der Waals surface area contributed by atoms with Crippen molar-refractivity contribution < 1.29 is 8.42 Å². The van der Waals surface area contributed by atoms with E-state index < -0.39 is 10.0 Å². The summed E-state index contributed by atoms with van der Waals surface area (Å²) >= 11 is 1.80. The molecule has 1 aliphatic carbocycles. The van der Waals surface area contributed by atoms with Crippen LogP contribution in [-0.4, -0.2) is 67.5 Å². The number of thiazole rings is 1. The van der Waals surface area contributed by atoms with Gasteiger partial charge in [0.05, 0.1) is 24.5 Å². The number of aliphatic imine (C=N–C) groups is 1. The van der Waals surface area contributed by atoms with E-state index in [0.29, 0.717) is 19.6 Å². The molecule has 0 radical (unpaired) electrons. The predicted molar refractivity (Wildman–Crippen MR) is 113 cm³/mol. The SMILES string of the molecule is CCNC(=NCCS(=O)(=O)N(CC)CC)N(C)Cc1nc2c(s1)CCCC2. The maximum absolute atomic E-state index is 12.3. The lowest BCUT2D eigenvalue weighted by Crippen LogP contribution is -2.39. The lowest BCUT2D eigenvalue weighted by Gasteiger charge is -2.21. The highest BCUT2D eigenvalue weighted by Gasteiger charge is 2.19. The minimum absolute atomic E-state index is 0.0307. The largest absolute Gasteiger partial charge is 0.357 e. The zero-order valence-electron chi connectivity index (χ0n) is 17.0. The molecule has 2 rings (SSSR count). The molecule has 0 fully saturated rings. The van der Waals surface area contributed by atoms with Gasteiger partial charge >= 0.3 is 0 Å². The first-order chi connectivity index (χ1) is 12.9. The van der Waals surface area contributed by atoms with Crippen molar-refractivity contribution in [1.82, 2.24) is 19.5 Å².